The maximum Gasteiger partial charge on any atom is 0.335 e. The summed E-state index contributed by atoms with van der Waals surface area (Å²) in [7, 11) is 0. The van der Waals surface area contributed by atoms with Gasteiger partial charge in [-0.1, -0.05) is 32.8 Å². The molecule has 0 aromatic rings. The van der Waals surface area contributed by atoms with Crippen LogP contribution < -0.4 is 0 Å². The molecule has 0 rings (SSSR count). The molecule has 0 aliphatic rings. The van der Waals surface area contributed by atoms with Gasteiger partial charge in [-0.05, 0) is 26.7 Å². The molecule has 2 atom stereocenters. The van der Waals surface area contributed by atoms with Crippen LogP contribution in [0.15, 0.2) is 11.6 Å². The first-order valence-electron chi connectivity index (χ1n) is 6.60. The number of rotatable bonds is 8. The van der Waals surface area contributed by atoms with E-state index in [-0.39, 0.29) is 6.61 Å². The highest BCUT2D eigenvalue weighted by Gasteiger charge is 2.38. The normalized spacial score (nSPS) is 17.1. The second-order valence-corrected chi connectivity index (χ2v) is 4.71. The fourth-order valence-electron chi connectivity index (χ4n) is 1.71. The smallest absolute Gasteiger partial charge is 0.335 e. The van der Waals surface area contributed by atoms with Gasteiger partial charge in [-0.3, -0.25) is 0 Å². The van der Waals surface area contributed by atoms with Crippen LogP contribution in [0.25, 0.3) is 0 Å². The molecule has 0 aromatic heterocycles. The Kier molecular flexibility index (Phi) is 7.87. The molecule has 0 heterocycles. The number of aliphatic hydroxyl groups is 2. The van der Waals surface area contributed by atoms with Gasteiger partial charge in [0.15, 0.2) is 0 Å². The first-order valence-corrected chi connectivity index (χ1v) is 6.60. The molecule has 0 aliphatic heterocycles. The van der Waals surface area contributed by atoms with Gasteiger partial charge < -0.3 is 14.9 Å². The molecule has 4 heteroatoms. The predicted molar refractivity (Wildman–Crippen MR) is 70.9 cm³/mol. The van der Waals surface area contributed by atoms with E-state index in [1.807, 2.05) is 13.8 Å². The lowest BCUT2D eigenvalue weighted by Gasteiger charge is -2.34. The van der Waals surface area contributed by atoms with Crippen molar-refractivity contribution in [2.24, 2.45) is 5.41 Å². The van der Waals surface area contributed by atoms with E-state index in [4.69, 9.17) is 4.74 Å². The van der Waals surface area contributed by atoms with Gasteiger partial charge in [0.05, 0.1) is 12.0 Å². The Labute approximate surface area is 110 Å². The third-order valence-corrected chi connectivity index (χ3v) is 3.54. The average Bonchev–Trinajstić information content (AvgIpc) is 2.39. The largest absolute Gasteiger partial charge is 0.432 e. The second kappa shape index (κ2) is 8.27. The summed E-state index contributed by atoms with van der Waals surface area (Å²) in [5, 5.41) is 19.6. The highest BCUT2D eigenvalue weighted by atomic mass is 16.6. The minimum absolute atomic E-state index is 0.188. The van der Waals surface area contributed by atoms with Crippen molar-refractivity contribution in [2.75, 3.05) is 6.61 Å². The topological polar surface area (TPSA) is 66.8 Å². The minimum Gasteiger partial charge on any atom is -0.432 e. The molecule has 18 heavy (non-hydrogen) atoms. The first kappa shape index (κ1) is 17.1. The van der Waals surface area contributed by atoms with Gasteiger partial charge >= 0.3 is 5.97 Å². The molecule has 0 bridgehead atoms. The SMILES string of the molecule is CC=C(C)C(=O)OC(O)C(CC)(CO)CCCC. The molecule has 0 saturated heterocycles. The van der Waals surface area contributed by atoms with Gasteiger partial charge in [0.2, 0.25) is 6.29 Å². The molecular formula is C14H26O4. The highest BCUT2D eigenvalue weighted by molar-refractivity contribution is 5.87. The zero-order valence-electron chi connectivity index (χ0n) is 11.9. The molecule has 0 radical (unpaired) electrons. The molecule has 0 aromatic carbocycles. The lowest BCUT2D eigenvalue weighted by Crippen LogP contribution is -2.41. The summed E-state index contributed by atoms with van der Waals surface area (Å²) in [5.74, 6) is -0.534. The Morgan fingerprint density at radius 3 is 2.44 bits per heavy atom. The summed E-state index contributed by atoms with van der Waals surface area (Å²) >= 11 is 0. The van der Waals surface area contributed by atoms with Gasteiger partial charge in [-0.15, -0.1) is 0 Å². The van der Waals surface area contributed by atoms with Crippen molar-refractivity contribution in [3.05, 3.63) is 11.6 Å². The highest BCUT2D eigenvalue weighted by Crippen LogP contribution is 2.33. The molecule has 2 unspecified atom stereocenters. The Morgan fingerprint density at radius 2 is 2.06 bits per heavy atom. The van der Waals surface area contributed by atoms with Gasteiger partial charge in [0.1, 0.15) is 0 Å². The number of carbonyl (C=O) groups is 1. The number of hydrogen-bond acceptors (Lipinski definition) is 4. The minimum atomic E-state index is -1.26. The molecule has 106 valence electrons. The van der Waals surface area contributed by atoms with E-state index >= 15 is 0 Å². The molecule has 0 aliphatic carbocycles. The second-order valence-electron chi connectivity index (χ2n) is 4.71. The number of aliphatic hydroxyl groups excluding tert-OH is 2. The lowest BCUT2D eigenvalue weighted by atomic mass is 9.80. The van der Waals surface area contributed by atoms with Crippen LogP contribution >= 0.6 is 0 Å². The van der Waals surface area contributed by atoms with Crippen molar-refractivity contribution >= 4 is 5.97 Å². The number of hydrogen-bond donors (Lipinski definition) is 2. The molecule has 0 amide bonds. The van der Waals surface area contributed by atoms with Crippen molar-refractivity contribution in [2.45, 2.75) is 59.7 Å². The predicted octanol–water partition coefficient (Wildman–Crippen LogP) is 2.39. The van der Waals surface area contributed by atoms with Gasteiger partial charge in [0, 0.05) is 5.57 Å². The first-order chi connectivity index (χ1) is 8.47. The number of carbonyl (C=O) groups excluding carboxylic acids is 1. The number of unbranched alkanes of at least 4 members (excludes halogenated alkanes) is 1. The Balaban J connectivity index is 4.75. The number of esters is 1. The Morgan fingerprint density at radius 1 is 1.44 bits per heavy atom. The van der Waals surface area contributed by atoms with E-state index in [0.29, 0.717) is 18.4 Å². The number of ether oxygens (including phenoxy) is 1. The fraction of sp³-hybridized carbons (Fsp3) is 0.786. The van der Waals surface area contributed by atoms with Crippen LogP contribution in [0.1, 0.15) is 53.4 Å². The summed E-state index contributed by atoms with van der Waals surface area (Å²) in [4.78, 5) is 11.6. The zero-order valence-corrected chi connectivity index (χ0v) is 11.9. The zero-order chi connectivity index (χ0) is 14.2. The van der Waals surface area contributed by atoms with E-state index in [9.17, 15) is 15.0 Å². The van der Waals surface area contributed by atoms with Crippen molar-refractivity contribution in [1.82, 2.24) is 0 Å². The van der Waals surface area contributed by atoms with Crippen molar-refractivity contribution in [1.29, 1.82) is 0 Å². The molecule has 0 spiro atoms. The maximum atomic E-state index is 11.6. The van der Waals surface area contributed by atoms with Gasteiger partial charge in [0.25, 0.3) is 0 Å². The molecular weight excluding hydrogens is 232 g/mol. The maximum absolute atomic E-state index is 11.6. The molecule has 4 nitrogen and oxygen atoms in total. The molecule has 2 N–H and O–H groups in total. The Bertz CT molecular complexity index is 280. The van der Waals surface area contributed by atoms with Gasteiger partial charge in [-0.2, -0.15) is 0 Å². The number of allylic oxidation sites excluding steroid dienone is 1. The van der Waals surface area contributed by atoms with E-state index in [2.05, 4.69) is 0 Å². The average molecular weight is 258 g/mol. The van der Waals surface area contributed by atoms with E-state index < -0.39 is 17.7 Å². The van der Waals surface area contributed by atoms with E-state index in [1.165, 1.54) is 0 Å². The molecule has 0 fully saturated rings. The quantitative estimate of drug-likeness (QED) is 0.398. The van der Waals surface area contributed by atoms with E-state index in [1.54, 1.807) is 19.9 Å². The molecule has 0 saturated carbocycles. The third-order valence-electron chi connectivity index (χ3n) is 3.54. The van der Waals surface area contributed by atoms with Crippen molar-refractivity contribution < 1.29 is 19.7 Å². The Hall–Kier alpha value is -0.870. The van der Waals surface area contributed by atoms with Crippen LogP contribution in [0, 0.1) is 5.41 Å². The lowest BCUT2D eigenvalue weighted by molar-refractivity contribution is -0.198. The van der Waals surface area contributed by atoms with Crippen LogP contribution in [-0.4, -0.2) is 29.1 Å². The van der Waals surface area contributed by atoms with Crippen LogP contribution in [0.3, 0.4) is 0 Å². The van der Waals surface area contributed by atoms with Crippen LogP contribution in [0.4, 0.5) is 0 Å². The van der Waals surface area contributed by atoms with Crippen LogP contribution in [0.5, 0.6) is 0 Å². The summed E-state index contributed by atoms with van der Waals surface area (Å²) in [5.41, 5.74) is -0.299. The third kappa shape index (κ3) is 4.42. The van der Waals surface area contributed by atoms with E-state index in [0.717, 1.165) is 12.8 Å². The fourth-order valence-corrected chi connectivity index (χ4v) is 1.71. The van der Waals surface area contributed by atoms with Gasteiger partial charge in [-0.25, -0.2) is 4.79 Å². The standard InChI is InChI=1S/C14H26O4/c1-5-8-9-14(7-3,10-15)13(17)18-12(16)11(4)6-2/h6,13,15,17H,5,7-10H2,1-4H3. The summed E-state index contributed by atoms with van der Waals surface area (Å²) in [6, 6.07) is 0. The summed E-state index contributed by atoms with van der Waals surface area (Å²) < 4.78 is 5.04. The summed E-state index contributed by atoms with van der Waals surface area (Å²) in [6.45, 7) is 7.10. The van der Waals surface area contributed by atoms with Crippen molar-refractivity contribution in [3.63, 3.8) is 0 Å². The summed E-state index contributed by atoms with van der Waals surface area (Å²) in [6.07, 6.45) is 3.42. The monoisotopic (exact) mass is 258 g/mol. The van der Waals surface area contributed by atoms with Crippen molar-refractivity contribution in [3.8, 4) is 0 Å². The van der Waals surface area contributed by atoms with Crippen LogP contribution in [-0.2, 0) is 9.53 Å². The van der Waals surface area contributed by atoms with Crippen LogP contribution in [0.2, 0.25) is 0 Å².